The van der Waals surface area contributed by atoms with Crippen LogP contribution in [0.15, 0.2) is 35.5 Å². The average molecular weight is 497 g/mol. The van der Waals surface area contributed by atoms with Crippen LogP contribution in [0.2, 0.25) is 10.0 Å². The summed E-state index contributed by atoms with van der Waals surface area (Å²) in [6.07, 6.45) is 0. The van der Waals surface area contributed by atoms with Gasteiger partial charge in [-0.2, -0.15) is 0 Å². The van der Waals surface area contributed by atoms with Crippen LogP contribution in [0.25, 0.3) is 11.4 Å². The molecule has 3 rings (SSSR count). The molecule has 2 aromatic carbocycles. The Labute approximate surface area is 200 Å². The van der Waals surface area contributed by atoms with Gasteiger partial charge in [-0.1, -0.05) is 35.0 Å². The number of nitrogens with zero attached hydrogens (tertiary/aromatic N) is 3. The summed E-state index contributed by atoms with van der Waals surface area (Å²) in [6.45, 7) is 2.58. The fourth-order valence-electron chi connectivity index (χ4n) is 3.06. The van der Waals surface area contributed by atoms with E-state index in [0.29, 0.717) is 50.5 Å². The summed E-state index contributed by atoms with van der Waals surface area (Å²) in [4.78, 5) is 12.4. The lowest BCUT2D eigenvalue weighted by Gasteiger charge is -2.14. The van der Waals surface area contributed by atoms with Gasteiger partial charge in [0.05, 0.1) is 27.1 Å². The van der Waals surface area contributed by atoms with Crippen molar-refractivity contribution in [3.63, 3.8) is 0 Å². The molecular weight excluding hydrogens is 475 g/mol. The van der Waals surface area contributed by atoms with Crippen LogP contribution >= 0.6 is 35.0 Å². The highest BCUT2D eigenvalue weighted by Gasteiger charge is 2.19. The summed E-state index contributed by atoms with van der Waals surface area (Å²) < 4.78 is 18.2. The van der Waals surface area contributed by atoms with E-state index >= 15 is 0 Å². The molecule has 1 amide bonds. The SMILES string of the molecule is CCn1c(SCC(=O)Nc2cc(Cl)cc(Cl)c2)nnc1-c1cc(OC)c(OC)c(OC)c1. The van der Waals surface area contributed by atoms with Crippen LogP contribution in [0.5, 0.6) is 17.2 Å². The van der Waals surface area contributed by atoms with Gasteiger partial charge in [0.2, 0.25) is 11.7 Å². The molecule has 32 heavy (non-hydrogen) atoms. The molecule has 1 aromatic heterocycles. The van der Waals surface area contributed by atoms with Gasteiger partial charge in [-0.25, -0.2) is 0 Å². The zero-order chi connectivity index (χ0) is 23.3. The van der Waals surface area contributed by atoms with Gasteiger partial charge >= 0.3 is 0 Å². The molecule has 170 valence electrons. The van der Waals surface area contributed by atoms with E-state index in [1.165, 1.54) is 11.8 Å². The third-order valence-corrected chi connectivity index (χ3v) is 5.84. The van der Waals surface area contributed by atoms with E-state index in [2.05, 4.69) is 15.5 Å². The normalized spacial score (nSPS) is 10.7. The highest BCUT2D eigenvalue weighted by atomic mass is 35.5. The van der Waals surface area contributed by atoms with Gasteiger partial charge < -0.3 is 24.1 Å². The Bertz CT molecular complexity index is 1080. The molecule has 0 atom stereocenters. The number of halogens is 2. The predicted octanol–water partition coefficient (Wildman–Crippen LogP) is 5.03. The lowest BCUT2D eigenvalue weighted by Crippen LogP contribution is -2.14. The molecule has 0 unspecified atom stereocenters. The second-order valence-electron chi connectivity index (χ2n) is 6.46. The molecular formula is C21H22Cl2N4O4S. The third-order valence-electron chi connectivity index (χ3n) is 4.43. The Hall–Kier alpha value is -2.62. The summed E-state index contributed by atoms with van der Waals surface area (Å²) >= 11 is 13.2. The number of carbonyl (C=O) groups excluding carboxylic acids is 1. The maximum absolute atomic E-state index is 12.4. The number of rotatable bonds is 9. The van der Waals surface area contributed by atoms with Crippen LogP contribution in [0.1, 0.15) is 6.92 Å². The first-order valence-corrected chi connectivity index (χ1v) is 11.3. The molecule has 8 nitrogen and oxygen atoms in total. The van der Waals surface area contributed by atoms with Crippen LogP contribution in [0, 0.1) is 0 Å². The first kappa shape index (κ1) is 24.0. The van der Waals surface area contributed by atoms with Crippen molar-refractivity contribution in [3.05, 3.63) is 40.4 Å². The van der Waals surface area contributed by atoms with Crippen LogP contribution in [-0.4, -0.2) is 47.8 Å². The molecule has 1 heterocycles. The van der Waals surface area contributed by atoms with E-state index < -0.39 is 0 Å². The van der Waals surface area contributed by atoms with E-state index in [-0.39, 0.29) is 11.7 Å². The van der Waals surface area contributed by atoms with Crippen LogP contribution in [-0.2, 0) is 11.3 Å². The smallest absolute Gasteiger partial charge is 0.234 e. The van der Waals surface area contributed by atoms with Crippen molar-refractivity contribution in [2.24, 2.45) is 0 Å². The average Bonchev–Trinajstić information content (AvgIpc) is 3.18. The molecule has 0 radical (unpaired) electrons. The van der Waals surface area contributed by atoms with Crippen molar-refractivity contribution in [1.29, 1.82) is 0 Å². The summed E-state index contributed by atoms with van der Waals surface area (Å²) in [5, 5.41) is 12.9. The fraction of sp³-hybridized carbons (Fsp3) is 0.286. The first-order chi connectivity index (χ1) is 15.4. The summed E-state index contributed by atoms with van der Waals surface area (Å²) in [6, 6.07) is 8.48. The number of aromatic nitrogens is 3. The van der Waals surface area contributed by atoms with Gasteiger partial charge in [-0.15, -0.1) is 10.2 Å². The lowest BCUT2D eigenvalue weighted by molar-refractivity contribution is -0.113. The Morgan fingerprint density at radius 1 is 1.00 bits per heavy atom. The Kier molecular flexibility index (Phi) is 8.11. The van der Waals surface area contributed by atoms with Crippen molar-refractivity contribution < 1.29 is 19.0 Å². The van der Waals surface area contributed by atoms with Crippen molar-refractivity contribution in [2.75, 3.05) is 32.4 Å². The zero-order valence-electron chi connectivity index (χ0n) is 17.9. The van der Waals surface area contributed by atoms with Crippen LogP contribution in [0.3, 0.4) is 0 Å². The molecule has 0 bridgehead atoms. The zero-order valence-corrected chi connectivity index (χ0v) is 20.3. The maximum atomic E-state index is 12.4. The van der Waals surface area contributed by atoms with Crippen LogP contribution < -0.4 is 19.5 Å². The first-order valence-electron chi connectivity index (χ1n) is 9.52. The molecule has 3 aromatic rings. The topological polar surface area (TPSA) is 87.5 Å². The van der Waals surface area contributed by atoms with Gasteiger partial charge in [0, 0.05) is 27.8 Å². The second kappa shape index (κ2) is 10.8. The molecule has 0 aliphatic carbocycles. The number of carbonyl (C=O) groups is 1. The van der Waals surface area contributed by atoms with Crippen molar-refractivity contribution in [2.45, 2.75) is 18.6 Å². The molecule has 0 aliphatic rings. The molecule has 1 N–H and O–H groups in total. The van der Waals surface area contributed by atoms with E-state index in [1.807, 2.05) is 23.6 Å². The molecule has 11 heteroatoms. The minimum absolute atomic E-state index is 0.136. The van der Waals surface area contributed by atoms with Crippen molar-refractivity contribution >= 4 is 46.6 Å². The number of nitrogens with one attached hydrogen (secondary N) is 1. The highest BCUT2D eigenvalue weighted by molar-refractivity contribution is 7.99. The van der Waals surface area contributed by atoms with Gasteiger partial charge in [-0.3, -0.25) is 4.79 Å². The highest BCUT2D eigenvalue weighted by Crippen LogP contribution is 2.41. The summed E-state index contributed by atoms with van der Waals surface area (Å²) in [5.41, 5.74) is 1.28. The van der Waals surface area contributed by atoms with Gasteiger partial charge in [0.15, 0.2) is 22.5 Å². The van der Waals surface area contributed by atoms with E-state index in [9.17, 15) is 4.79 Å². The monoisotopic (exact) mass is 496 g/mol. The minimum Gasteiger partial charge on any atom is -0.493 e. The largest absolute Gasteiger partial charge is 0.493 e. The van der Waals surface area contributed by atoms with Gasteiger partial charge in [0.1, 0.15) is 0 Å². The summed E-state index contributed by atoms with van der Waals surface area (Å²) in [5.74, 6) is 2.07. The fourth-order valence-corrected chi connectivity index (χ4v) is 4.39. The molecule has 0 saturated heterocycles. The number of thioether (sulfide) groups is 1. The molecule has 0 fully saturated rings. The number of hydrogen-bond acceptors (Lipinski definition) is 7. The minimum atomic E-state index is -0.215. The number of amides is 1. The second-order valence-corrected chi connectivity index (χ2v) is 8.27. The van der Waals surface area contributed by atoms with Gasteiger partial charge in [-0.05, 0) is 37.3 Å². The van der Waals surface area contributed by atoms with E-state index in [0.717, 1.165) is 5.56 Å². The maximum Gasteiger partial charge on any atom is 0.234 e. The van der Waals surface area contributed by atoms with Crippen molar-refractivity contribution in [3.8, 4) is 28.6 Å². The Balaban J connectivity index is 1.80. The number of benzene rings is 2. The standard InChI is InChI=1S/C21H22Cl2N4O4S/c1-5-27-20(12-6-16(29-2)19(31-4)17(7-12)30-3)25-26-21(27)32-11-18(28)24-15-9-13(22)8-14(23)10-15/h6-10H,5,11H2,1-4H3,(H,24,28). The number of methoxy groups -OCH3 is 3. The third kappa shape index (κ3) is 5.40. The van der Waals surface area contributed by atoms with Crippen molar-refractivity contribution in [1.82, 2.24) is 14.8 Å². The summed E-state index contributed by atoms with van der Waals surface area (Å²) in [7, 11) is 4.66. The number of anilines is 1. The van der Waals surface area contributed by atoms with E-state index in [4.69, 9.17) is 37.4 Å². The van der Waals surface area contributed by atoms with Crippen LogP contribution in [0.4, 0.5) is 5.69 Å². The Morgan fingerprint density at radius 2 is 1.62 bits per heavy atom. The predicted molar refractivity (Wildman–Crippen MR) is 127 cm³/mol. The Morgan fingerprint density at radius 3 is 2.16 bits per heavy atom. The van der Waals surface area contributed by atoms with Gasteiger partial charge in [0.25, 0.3) is 0 Å². The molecule has 0 spiro atoms. The quantitative estimate of drug-likeness (QED) is 0.415. The molecule has 0 saturated carbocycles. The lowest BCUT2D eigenvalue weighted by atomic mass is 10.1. The number of ether oxygens (including phenoxy) is 3. The number of hydrogen-bond donors (Lipinski definition) is 1. The molecule has 0 aliphatic heterocycles. The van der Waals surface area contributed by atoms with E-state index in [1.54, 1.807) is 39.5 Å².